The highest BCUT2D eigenvalue weighted by atomic mass is 35.5. The van der Waals surface area contributed by atoms with Crippen molar-refractivity contribution in [1.29, 1.82) is 0 Å². The minimum atomic E-state index is -0.131. The topological polar surface area (TPSA) is 46.3 Å². The predicted octanol–water partition coefficient (Wildman–Crippen LogP) is 4.04. The smallest absolute Gasteiger partial charge is 0.276 e. The maximum atomic E-state index is 12.5. The van der Waals surface area contributed by atoms with Crippen LogP contribution in [0.3, 0.4) is 0 Å². The van der Waals surface area contributed by atoms with Gasteiger partial charge in [-0.15, -0.1) is 0 Å². The SMILES string of the molecule is C[C@@H](c1ccc(Cl)cc1)N(C)C(=O)c1cc(C2CC2)on1. The van der Waals surface area contributed by atoms with E-state index in [1.165, 1.54) is 0 Å². The highest BCUT2D eigenvalue weighted by Gasteiger charge is 2.30. The fraction of sp³-hybridized carbons (Fsp3) is 0.375. The maximum absolute atomic E-state index is 12.5. The third-order valence-electron chi connectivity index (χ3n) is 3.98. The normalized spacial score (nSPS) is 15.8. The van der Waals surface area contributed by atoms with Crippen molar-refractivity contribution in [2.24, 2.45) is 0 Å². The average molecular weight is 305 g/mol. The highest BCUT2D eigenvalue weighted by Crippen LogP contribution is 2.40. The molecule has 0 saturated heterocycles. The minimum Gasteiger partial charge on any atom is -0.360 e. The van der Waals surface area contributed by atoms with Gasteiger partial charge in [-0.25, -0.2) is 0 Å². The van der Waals surface area contributed by atoms with Crippen LogP contribution in [0.25, 0.3) is 0 Å². The quantitative estimate of drug-likeness (QED) is 0.856. The van der Waals surface area contributed by atoms with Crippen LogP contribution in [0.5, 0.6) is 0 Å². The Morgan fingerprint density at radius 3 is 2.67 bits per heavy atom. The summed E-state index contributed by atoms with van der Waals surface area (Å²) in [6, 6.07) is 9.21. The van der Waals surface area contributed by atoms with Crippen LogP contribution < -0.4 is 0 Å². The van der Waals surface area contributed by atoms with E-state index in [-0.39, 0.29) is 11.9 Å². The molecule has 1 aliphatic rings. The molecule has 2 aromatic rings. The summed E-state index contributed by atoms with van der Waals surface area (Å²) in [5, 5.41) is 4.59. The zero-order valence-electron chi connectivity index (χ0n) is 12.0. The second-order valence-electron chi connectivity index (χ2n) is 5.53. The van der Waals surface area contributed by atoms with E-state index in [2.05, 4.69) is 5.16 Å². The van der Waals surface area contributed by atoms with Gasteiger partial charge in [0.2, 0.25) is 0 Å². The monoisotopic (exact) mass is 304 g/mol. The zero-order chi connectivity index (χ0) is 15.0. The summed E-state index contributed by atoms with van der Waals surface area (Å²) in [5.41, 5.74) is 1.40. The lowest BCUT2D eigenvalue weighted by Gasteiger charge is -2.24. The van der Waals surface area contributed by atoms with Crippen molar-refractivity contribution in [3.05, 3.63) is 52.4 Å². The Morgan fingerprint density at radius 1 is 1.38 bits per heavy atom. The van der Waals surface area contributed by atoms with Gasteiger partial charge in [-0.05, 0) is 37.5 Å². The number of nitrogens with zero attached hydrogens (tertiary/aromatic N) is 2. The molecule has 3 rings (SSSR count). The molecule has 0 aliphatic heterocycles. The maximum Gasteiger partial charge on any atom is 0.276 e. The van der Waals surface area contributed by atoms with Crippen LogP contribution in [0, 0.1) is 0 Å². The van der Waals surface area contributed by atoms with Gasteiger partial charge in [0.05, 0.1) is 6.04 Å². The first-order valence-electron chi connectivity index (χ1n) is 7.05. The van der Waals surface area contributed by atoms with Gasteiger partial charge in [0.15, 0.2) is 5.69 Å². The van der Waals surface area contributed by atoms with Gasteiger partial charge in [-0.3, -0.25) is 4.79 Å². The van der Waals surface area contributed by atoms with Crippen LogP contribution in [0.2, 0.25) is 5.02 Å². The first-order valence-corrected chi connectivity index (χ1v) is 7.43. The molecule has 1 saturated carbocycles. The lowest BCUT2D eigenvalue weighted by molar-refractivity contribution is 0.0732. The van der Waals surface area contributed by atoms with Crippen LogP contribution in [-0.2, 0) is 0 Å². The molecule has 5 heteroatoms. The van der Waals surface area contributed by atoms with Crippen molar-refractivity contribution in [2.45, 2.75) is 31.7 Å². The number of hydrogen-bond acceptors (Lipinski definition) is 3. The van der Waals surface area contributed by atoms with Crippen molar-refractivity contribution < 1.29 is 9.32 Å². The summed E-state index contributed by atoms with van der Waals surface area (Å²) in [4.78, 5) is 14.1. The summed E-state index contributed by atoms with van der Waals surface area (Å²) >= 11 is 5.89. The predicted molar refractivity (Wildman–Crippen MR) is 80.4 cm³/mol. The summed E-state index contributed by atoms with van der Waals surface area (Å²) in [7, 11) is 1.77. The van der Waals surface area contributed by atoms with E-state index < -0.39 is 0 Å². The second kappa shape index (κ2) is 5.53. The third-order valence-corrected chi connectivity index (χ3v) is 4.23. The molecule has 0 radical (unpaired) electrons. The Kier molecular flexibility index (Phi) is 3.72. The van der Waals surface area contributed by atoms with Crippen molar-refractivity contribution >= 4 is 17.5 Å². The summed E-state index contributed by atoms with van der Waals surface area (Å²) in [5.74, 6) is 1.15. The largest absolute Gasteiger partial charge is 0.360 e. The third kappa shape index (κ3) is 2.95. The molecular formula is C16H17ClN2O2. The summed E-state index contributed by atoms with van der Waals surface area (Å²) < 4.78 is 5.25. The summed E-state index contributed by atoms with van der Waals surface area (Å²) in [6.07, 6.45) is 2.25. The zero-order valence-corrected chi connectivity index (χ0v) is 12.8. The number of benzene rings is 1. The van der Waals surface area contributed by atoms with E-state index in [0.717, 1.165) is 24.2 Å². The molecule has 0 N–H and O–H groups in total. The molecule has 4 nitrogen and oxygen atoms in total. The number of aromatic nitrogens is 1. The Labute approximate surface area is 128 Å². The van der Waals surface area contributed by atoms with Crippen LogP contribution in [0.4, 0.5) is 0 Å². The molecule has 1 aromatic carbocycles. The first kappa shape index (κ1) is 14.1. The molecule has 1 aliphatic carbocycles. The molecule has 1 aromatic heterocycles. The summed E-state index contributed by atoms with van der Waals surface area (Å²) in [6.45, 7) is 1.98. The van der Waals surface area contributed by atoms with Gasteiger partial charge in [-0.2, -0.15) is 0 Å². The molecule has 1 heterocycles. The van der Waals surface area contributed by atoms with Gasteiger partial charge in [0.1, 0.15) is 5.76 Å². The van der Waals surface area contributed by atoms with Crippen LogP contribution in [0.1, 0.15) is 53.5 Å². The van der Waals surface area contributed by atoms with Crippen molar-refractivity contribution in [1.82, 2.24) is 10.1 Å². The van der Waals surface area contributed by atoms with Gasteiger partial charge in [0, 0.05) is 24.1 Å². The molecule has 1 atom stereocenters. The van der Waals surface area contributed by atoms with Gasteiger partial charge >= 0.3 is 0 Å². The minimum absolute atomic E-state index is 0.0594. The molecule has 0 unspecified atom stereocenters. The molecule has 0 spiro atoms. The van der Waals surface area contributed by atoms with Crippen molar-refractivity contribution in [2.75, 3.05) is 7.05 Å². The van der Waals surface area contributed by atoms with Crippen LogP contribution >= 0.6 is 11.6 Å². The van der Waals surface area contributed by atoms with Gasteiger partial charge in [-0.1, -0.05) is 28.9 Å². The number of rotatable bonds is 4. The second-order valence-corrected chi connectivity index (χ2v) is 5.97. The van der Waals surface area contributed by atoms with Crippen LogP contribution in [0.15, 0.2) is 34.9 Å². The fourth-order valence-corrected chi connectivity index (χ4v) is 2.40. The molecule has 110 valence electrons. The number of carbonyl (C=O) groups excluding carboxylic acids is 1. The highest BCUT2D eigenvalue weighted by molar-refractivity contribution is 6.30. The first-order chi connectivity index (χ1) is 10.1. The van der Waals surface area contributed by atoms with E-state index >= 15 is 0 Å². The molecule has 1 amide bonds. The molecule has 1 fully saturated rings. The number of amides is 1. The standard InChI is InChI=1S/C16H17ClN2O2/c1-10(11-5-7-13(17)8-6-11)19(2)16(20)14-9-15(21-18-14)12-3-4-12/h5-10,12H,3-4H2,1-2H3/t10-/m0/s1. The Bertz CT molecular complexity index is 647. The number of carbonyl (C=O) groups is 1. The van der Waals surface area contributed by atoms with Crippen molar-refractivity contribution in [3.63, 3.8) is 0 Å². The Balaban J connectivity index is 1.74. The lowest BCUT2D eigenvalue weighted by atomic mass is 10.1. The molecular weight excluding hydrogens is 288 g/mol. The van der Waals surface area contributed by atoms with E-state index in [4.69, 9.17) is 16.1 Å². The molecule has 0 bridgehead atoms. The Hall–Kier alpha value is -1.81. The van der Waals surface area contributed by atoms with Gasteiger partial charge in [0.25, 0.3) is 5.91 Å². The van der Waals surface area contributed by atoms with E-state index in [0.29, 0.717) is 16.6 Å². The van der Waals surface area contributed by atoms with Crippen molar-refractivity contribution in [3.8, 4) is 0 Å². The lowest BCUT2D eigenvalue weighted by Crippen LogP contribution is -2.29. The van der Waals surface area contributed by atoms with E-state index in [1.807, 2.05) is 31.2 Å². The fourth-order valence-electron chi connectivity index (χ4n) is 2.27. The number of halogens is 1. The number of hydrogen-bond donors (Lipinski definition) is 0. The van der Waals surface area contributed by atoms with Crippen LogP contribution in [-0.4, -0.2) is 23.0 Å². The molecule has 21 heavy (non-hydrogen) atoms. The van der Waals surface area contributed by atoms with E-state index in [1.54, 1.807) is 18.0 Å². The van der Waals surface area contributed by atoms with Gasteiger partial charge < -0.3 is 9.42 Å². The average Bonchev–Trinajstić information content (AvgIpc) is 3.23. The van der Waals surface area contributed by atoms with E-state index in [9.17, 15) is 4.79 Å². The Morgan fingerprint density at radius 2 is 2.05 bits per heavy atom.